The molecule has 3 N–H and O–H groups in total. The maximum Gasteiger partial charge on any atom is 0.238 e. The van der Waals surface area contributed by atoms with E-state index >= 15 is 0 Å². The molecule has 106 valence electrons. The number of carbonyl (C=O) groups is 1. The Bertz CT molecular complexity index is 558. The maximum atomic E-state index is 11.6. The summed E-state index contributed by atoms with van der Waals surface area (Å²) in [4.78, 5) is 11.5. The lowest BCUT2D eigenvalue weighted by Gasteiger charge is -2.08. The summed E-state index contributed by atoms with van der Waals surface area (Å²) in [5.41, 5.74) is 0.385. The standard InChI is InChI=1S/C12H17ClN2O3S/c1-2-3-4-5-12(16)15-11-7-6-9(8-10(11)13)19(14,17)18/h6-8H,2-5H2,1H3,(H,15,16)(H2,14,17,18). The number of nitrogens with two attached hydrogens (primary N) is 1. The van der Waals surface area contributed by atoms with Crippen LogP contribution >= 0.6 is 11.6 Å². The highest BCUT2D eigenvalue weighted by molar-refractivity contribution is 7.89. The van der Waals surface area contributed by atoms with E-state index in [2.05, 4.69) is 12.2 Å². The predicted octanol–water partition coefficient (Wildman–Crippen LogP) is 2.51. The average molecular weight is 305 g/mol. The molecule has 1 aromatic rings. The Morgan fingerprint density at radius 3 is 2.58 bits per heavy atom. The van der Waals surface area contributed by atoms with Gasteiger partial charge in [0, 0.05) is 6.42 Å². The van der Waals surface area contributed by atoms with Crippen molar-refractivity contribution in [3.63, 3.8) is 0 Å². The van der Waals surface area contributed by atoms with Crippen LogP contribution in [0.5, 0.6) is 0 Å². The van der Waals surface area contributed by atoms with E-state index in [9.17, 15) is 13.2 Å². The van der Waals surface area contributed by atoms with Crippen molar-refractivity contribution in [2.75, 3.05) is 5.32 Å². The van der Waals surface area contributed by atoms with Gasteiger partial charge in [0.15, 0.2) is 0 Å². The number of hydrogen-bond acceptors (Lipinski definition) is 3. The fourth-order valence-corrected chi connectivity index (χ4v) is 2.35. The van der Waals surface area contributed by atoms with E-state index in [-0.39, 0.29) is 15.8 Å². The van der Waals surface area contributed by atoms with Gasteiger partial charge >= 0.3 is 0 Å². The van der Waals surface area contributed by atoms with E-state index in [0.29, 0.717) is 12.1 Å². The molecule has 0 spiro atoms. The van der Waals surface area contributed by atoms with E-state index in [4.69, 9.17) is 16.7 Å². The highest BCUT2D eigenvalue weighted by atomic mass is 35.5. The molecule has 7 heteroatoms. The SMILES string of the molecule is CCCCCC(=O)Nc1ccc(S(N)(=O)=O)cc1Cl. The van der Waals surface area contributed by atoms with Gasteiger partial charge in [-0.1, -0.05) is 31.4 Å². The molecule has 0 bridgehead atoms. The number of unbranched alkanes of at least 4 members (excludes halogenated alkanes) is 2. The summed E-state index contributed by atoms with van der Waals surface area (Å²) in [6.07, 6.45) is 3.26. The fourth-order valence-electron chi connectivity index (χ4n) is 1.52. The second kappa shape index (κ2) is 6.88. The molecule has 1 rings (SSSR count). The predicted molar refractivity (Wildman–Crippen MR) is 75.6 cm³/mol. The lowest BCUT2D eigenvalue weighted by Crippen LogP contribution is -2.14. The number of carbonyl (C=O) groups excluding carboxylic acids is 1. The summed E-state index contributed by atoms with van der Waals surface area (Å²) < 4.78 is 22.2. The third-order valence-corrected chi connectivity index (χ3v) is 3.77. The van der Waals surface area contributed by atoms with Crippen molar-refractivity contribution in [3.8, 4) is 0 Å². The summed E-state index contributed by atoms with van der Waals surface area (Å²) in [5, 5.41) is 7.77. The Labute approximate surface area is 118 Å². The van der Waals surface area contributed by atoms with Crippen molar-refractivity contribution < 1.29 is 13.2 Å². The van der Waals surface area contributed by atoms with Crippen LogP contribution in [0.1, 0.15) is 32.6 Å². The quantitative estimate of drug-likeness (QED) is 0.791. The van der Waals surface area contributed by atoms with Gasteiger partial charge in [0.2, 0.25) is 15.9 Å². The van der Waals surface area contributed by atoms with Crippen LogP contribution in [-0.2, 0) is 14.8 Å². The van der Waals surface area contributed by atoms with Crippen LogP contribution in [-0.4, -0.2) is 14.3 Å². The first-order valence-electron chi connectivity index (χ1n) is 5.96. The maximum absolute atomic E-state index is 11.6. The third-order valence-electron chi connectivity index (χ3n) is 2.55. The molecule has 5 nitrogen and oxygen atoms in total. The normalized spacial score (nSPS) is 11.3. The van der Waals surface area contributed by atoms with Gasteiger partial charge in [0.25, 0.3) is 0 Å². The van der Waals surface area contributed by atoms with Gasteiger partial charge in [-0.2, -0.15) is 0 Å². The van der Waals surface area contributed by atoms with Crippen LogP contribution in [0.15, 0.2) is 23.1 Å². The zero-order valence-electron chi connectivity index (χ0n) is 10.6. The molecule has 1 amide bonds. The number of amides is 1. The fraction of sp³-hybridized carbons (Fsp3) is 0.417. The zero-order chi connectivity index (χ0) is 14.5. The van der Waals surface area contributed by atoms with Crippen LogP contribution in [0.2, 0.25) is 5.02 Å². The molecule has 19 heavy (non-hydrogen) atoms. The molecule has 0 atom stereocenters. The Hall–Kier alpha value is -1.11. The Morgan fingerprint density at radius 1 is 1.37 bits per heavy atom. The van der Waals surface area contributed by atoms with E-state index < -0.39 is 10.0 Å². The molecule has 0 aromatic heterocycles. The number of anilines is 1. The van der Waals surface area contributed by atoms with Crippen LogP contribution in [0.4, 0.5) is 5.69 Å². The first-order chi connectivity index (χ1) is 8.84. The minimum Gasteiger partial charge on any atom is -0.325 e. The molecule has 0 fully saturated rings. The van der Waals surface area contributed by atoms with Crippen LogP contribution in [0, 0.1) is 0 Å². The Morgan fingerprint density at radius 2 is 2.05 bits per heavy atom. The Balaban J connectivity index is 2.73. The topological polar surface area (TPSA) is 89.3 Å². The highest BCUT2D eigenvalue weighted by Gasteiger charge is 2.11. The average Bonchev–Trinajstić information content (AvgIpc) is 2.31. The van der Waals surface area contributed by atoms with E-state index in [1.807, 2.05) is 0 Å². The van der Waals surface area contributed by atoms with Gasteiger partial charge in [0.1, 0.15) is 0 Å². The molecule has 0 unspecified atom stereocenters. The molecule has 0 radical (unpaired) electrons. The van der Waals surface area contributed by atoms with Gasteiger partial charge < -0.3 is 5.32 Å². The number of primary sulfonamides is 1. The second-order valence-corrected chi connectivity index (χ2v) is 6.16. The molecule has 0 aliphatic heterocycles. The number of sulfonamides is 1. The lowest BCUT2D eigenvalue weighted by molar-refractivity contribution is -0.116. The summed E-state index contributed by atoms with van der Waals surface area (Å²) >= 11 is 5.91. The van der Waals surface area contributed by atoms with Crippen molar-refractivity contribution in [2.45, 2.75) is 37.5 Å². The van der Waals surface area contributed by atoms with Gasteiger partial charge in [-0.15, -0.1) is 0 Å². The number of nitrogens with one attached hydrogen (secondary N) is 1. The van der Waals surface area contributed by atoms with Crippen molar-refractivity contribution in [3.05, 3.63) is 23.2 Å². The highest BCUT2D eigenvalue weighted by Crippen LogP contribution is 2.25. The number of hydrogen-bond donors (Lipinski definition) is 2. The van der Waals surface area contributed by atoms with Crippen LogP contribution in [0.3, 0.4) is 0 Å². The smallest absolute Gasteiger partial charge is 0.238 e. The van der Waals surface area contributed by atoms with Crippen molar-refractivity contribution >= 4 is 33.2 Å². The largest absolute Gasteiger partial charge is 0.325 e. The molecule has 1 aromatic carbocycles. The lowest BCUT2D eigenvalue weighted by atomic mass is 10.2. The van der Waals surface area contributed by atoms with Crippen molar-refractivity contribution in [1.29, 1.82) is 0 Å². The van der Waals surface area contributed by atoms with Gasteiger partial charge in [0.05, 0.1) is 15.6 Å². The molecular weight excluding hydrogens is 288 g/mol. The summed E-state index contributed by atoms with van der Waals surface area (Å²) in [6, 6.07) is 3.96. The second-order valence-electron chi connectivity index (χ2n) is 4.19. The first-order valence-corrected chi connectivity index (χ1v) is 7.89. The first kappa shape index (κ1) is 15.9. The molecule has 0 saturated heterocycles. The summed E-state index contributed by atoms with van der Waals surface area (Å²) in [6.45, 7) is 2.06. The van der Waals surface area contributed by atoms with Crippen molar-refractivity contribution in [2.24, 2.45) is 5.14 Å². The van der Waals surface area contributed by atoms with Crippen LogP contribution in [0.25, 0.3) is 0 Å². The minimum absolute atomic E-state index is 0.0820. The molecule has 0 aliphatic carbocycles. The molecule has 0 saturated carbocycles. The van der Waals surface area contributed by atoms with Gasteiger partial charge in [-0.3, -0.25) is 4.79 Å². The third kappa shape index (κ3) is 5.18. The zero-order valence-corrected chi connectivity index (χ0v) is 12.2. The number of halogens is 1. The number of benzene rings is 1. The summed E-state index contributed by atoms with van der Waals surface area (Å²) in [5.74, 6) is -0.140. The minimum atomic E-state index is -3.79. The molecule has 0 aliphatic rings. The van der Waals surface area contributed by atoms with Crippen LogP contribution < -0.4 is 10.5 Å². The van der Waals surface area contributed by atoms with E-state index in [0.717, 1.165) is 19.3 Å². The summed E-state index contributed by atoms with van der Waals surface area (Å²) in [7, 11) is -3.79. The molecule has 0 heterocycles. The van der Waals surface area contributed by atoms with E-state index in [1.54, 1.807) is 0 Å². The van der Waals surface area contributed by atoms with Gasteiger partial charge in [-0.05, 0) is 24.6 Å². The molecular formula is C12H17ClN2O3S. The van der Waals surface area contributed by atoms with Gasteiger partial charge in [-0.25, -0.2) is 13.6 Å². The Kier molecular flexibility index (Phi) is 5.78. The van der Waals surface area contributed by atoms with E-state index in [1.165, 1.54) is 18.2 Å². The number of rotatable bonds is 6. The monoisotopic (exact) mass is 304 g/mol. The van der Waals surface area contributed by atoms with Crippen molar-refractivity contribution in [1.82, 2.24) is 0 Å².